The molecule has 0 aliphatic carbocycles. The maximum absolute atomic E-state index is 12.5. The number of carbonyl (C=O) groups excluding carboxylic acids is 1. The van der Waals surface area contributed by atoms with Gasteiger partial charge in [-0.25, -0.2) is 24.7 Å². The lowest BCUT2D eigenvalue weighted by Gasteiger charge is -2.19. The molecule has 0 bridgehead atoms. The molecule has 0 fully saturated rings. The summed E-state index contributed by atoms with van der Waals surface area (Å²) in [6.45, 7) is 10.4. The van der Waals surface area contributed by atoms with E-state index in [0.29, 0.717) is 111 Å². The molecule has 0 aliphatic heterocycles. The van der Waals surface area contributed by atoms with E-state index in [9.17, 15) is 18.7 Å². The molecule has 12 N–H and O–H groups in total. The van der Waals surface area contributed by atoms with Gasteiger partial charge in [0, 0.05) is 37.6 Å². The highest BCUT2D eigenvalue weighted by molar-refractivity contribution is 7.54. The number of carbonyl (C=O) groups is 2. The number of hydrogen-bond donors (Lipinski definition) is 7. The van der Waals surface area contributed by atoms with E-state index < -0.39 is 21.2 Å². The van der Waals surface area contributed by atoms with Crippen LogP contribution in [0, 0.1) is 0 Å². The number of carboxylic acid groups (broad SMARTS) is 1. The Labute approximate surface area is 419 Å². The smallest absolute Gasteiger partial charge is 0.335 e. The molecule has 0 saturated carbocycles. The van der Waals surface area contributed by atoms with Crippen LogP contribution >= 0.6 is 15.2 Å². The molecular formula is C45H68N16O9P2. The van der Waals surface area contributed by atoms with Gasteiger partial charge in [-0.15, -0.1) is 0 Å². The molecule has 27 heteroatoms. The Morgan fingerprint density at radius 1 is 0.611 bits per heavy atom. The van der Waals surface area contributed by atoms with E-state index in [-0.39, 0.29) is 48.6 Å². The first-order valence-electron chi connectivity index (χ1n) is 22.6. The Hall–Kier alpha value is -6.72. The number of nitrogens with zero attached hydrogens (tertiary/aromatic N) is 10. The van der Waals surface area contributed by atoms with Crippen LogP contribution in [0.5, 0.6) is 0 Å². The second-order valence-electron chi connectivity index (χ2n) is 15.2. The van der Waals surface area contributed by atoms with E-state index in [0.717, 1.165) is 11.4 Å². The number of benzene rings is 2. The molecule has 4 heterocycles. The molecule has 2 aromatic carbocycles. The van der Waals surface area contributed by atoms with Crippen molar-refractivity contribution < 1.29 is 41.9 Å². The summed E-state index contributed by atoms with van der Waals surface area (Å²) in [6.07, 6.45) is 5.04. The molecule has 0 saturated heterocycles. The molecule has 4 aromatic heterocycles. The van der Waals surface area contributed by atoms with Crippen molar-refractivity contribution in [2.45, 2.75) is 61.1 Å². The molecule has 0 unspecified atom stereocenters. The standard InChI is InChI=1S/C22H31N8O4P.C15H15N7O2.C7H18NO3P.CH4/c1-4-33-35(32,34-5-2)12-6-11-25-21(31)15-7-9-17(10-8-15)30(3)14-16-13-26-20-18(27-16)19(23)28-22(24)29-20;1-22(10-4-2-8(3-5-10)14(23)24)7-9-6-18-13-11(19-9)12(16)20-15(17)21-13;1-3-10-12(9,11-4-2)7-5-6-8;/h7-10,13H,4-6,11-12,14H2,1-3H3,(H,25,31)(H4,23,24,26,28,29);2-6H,7H2,1H3,(H,23,24)(H4,16,17,18,20,21);3-8H2,1-2H3;1H4. The lowest BCUT2D eigenvalue weighted by atomic mass is 10.2. The summed E-state index contributed by atoms with van der Waals surface area (Å²) >= 11 is 0. The second-order valence-corrected chi connectivity index (χ2v) is 19.6. The van der Waals surface area contributed by atoms with E-state index in [1.54, 1.807) is 76.5 Å². The number of carboxylic acids is 1. The summed E-state index contributed by atoms with van der Waals surface area (Å²) < 4.78 is 44.8. The van der Waals surface area contributed by atoms with Gasteiger partial charge in [0.25, 0.3) is 5.91 Å². The molecular weight excluding hydrogens is 971 g/mol. The van der Waals surface area contributed by atoms with Crippen molar-refractivity contribution in [2.75, 3.05) is 98.7 Å². The molecule has 1 amide bonds. The number of fused-ring (bicyclic) bond motifs is 2. The lowest BCUT2D eigenvalue weighted by Crippen LogP contribution is -2.25. The largest absolute Gasteiger partial charge is 0.478 e. The number of aromatic nitrogens is 8. The molecule has 72 heavy (non-hydrogen) atoms. The zero-order chi connectivity index (χ0) is 52.1. The monoisotopic (exact) mass is 1040 g/mol. The normalized spacial score (nSPS) is 11.2. The van der Waals surface area contributed by atoms with Crippen LogP contribution in [-0.4, -0.2) is 123 Å². The number of hydrogen-bond acceptors (Lipinski definition) is 23. The molecule has 0 atom stereocenters. The third-order valence-corrected chi connectivity index (χ3v) is 14.1. The SMILES string of the molecule is C.CCOP(=O)(CCCN)OCC.CCOP(=O)(CCCNC(=O)c1ccc(N(C)Cc2cnc3nc(N)nc(N)c3n2)cc1)OCC.CN(Cc1cnc2nc(N)nc(N)c2n1)c1ccc(C(=O)O)cc1. The van der Waals surface area contributed by atoms with Gasteiger partial charge in [0.2, 0.25) is 11.9 Å². The van der Waals surface area contributed by atoms with Gasteiger partial charge >= 0.3 is 21.2 Å². The van der Waals surface area contributed by atoms with Gasteiger partial charge in [-0.1, -0.05) is 7.43 Å². The Bertz CT molecular complexity index is 2760. The number of nitrogens with one attached hydrogen (secondary N) is 1. The van der Waals surface area contributed by atoms with Crippen LogP contribution in [0.2, 0.25) is 0 Å². The van der Waals surface area contributed by atoms with Crippen LogP contribution in [0.15, 0.2) is 60.9 Å². The van der Waals surface area contributed by atoms with E-state index in [4.69, 9.17) is 51.9 Å². The minimum Gasteiger partial charge on any atom is -0.478 e. The minimum atomic E-state index is -3.10. The van der Waals surface area contributed by atoms with E-state index >= 15 is 0 Å². The van der Waals surface area contributed by atoms with Crippen LogP contribution < -0.4 is 43.8 Å². The summed E-state index contributed by atoms with van der Waals surface area (Å²) in [5.41, 5.74) is 33.5. The summed E-state index contributed by atoms with van der Waals surface area (Å²) in [7, 11) is -2.15. The predicted octanol–water partition coefficient (Wildman–Crippen LogP) is 5.76. The maximum atomic E-state index is 12.5. The highest BCUT2D eigenvalue weighted by atomic mass is 31.2. The van der Waals surface area contributed by atoms with Crippen molar-refractivity contribution in [1.82, 2.24) is 45.2 Å². The molecule has 6 aromatic rings. The summed E-state index contributed by atoms with van der Waals surface area (Å²) in [5, 5.41) is 11.8. The average molecular weight is 1040 g/mol. The van der Waals surface area contributed by atoms with Gasteiger partial charge in [-0.05, 0) is 95.6 Å². The van der Waals surface area contributed by atoms with Crippen molar-refractivity contribution >= 4 is 84.3 Å². The van der Waals surface area contributed by atoms with Gasteiger partial charge < -0.3 is 67.0 Å². The van der Waals surface area contributed by atoms with Crippen LogP contribution in [0.25, 0.3) is 22.3 Å². The lowest BCUT2D eigenvalue weighted by molar-refractivity contribution is 0.0696. The molecule has 0 spiro atoms. The quantitative estimate of drug-likeness (QED) is 0.0296. The van der Waals surface area contributed by atoms with Gasteiger partial charge in [0.15, 0.2) is 34.0 Å². The zero-order valence-corrected chi connectivity index (χ0v) is 42.5. The van der Waals surface area contributed by atoms with Gasteiger partial charge in [0.05, 0.1) is 81.2 Å². The van der Waals surface area contributed by atoms with Crippen LogP contribution in [0.3, 0.4) is 0 Å². The fourth-order valence-corrected chi connectivity index (χ4v) is 9.85. The number of anilines is 6. The fourth-order valence-electron chi connectivity index (χ4n) is 6.49. The van der Waals surface area contributed by atoms with E-state index in [1.807, 2.05) is 36.0 Å². The second kappa shape index (κ2) is 29.0. The van der Waals surface area contributed by atoms with Gasteiger partial charge in [0.1, 0.15) is 0 Å². The van der Waals surface area contributed by atoms with Crippen molar-refractivity contribution in [3.8, 4) is 0 Å². The summed E-state index contributed by atoms with van der Waals surface area (Å²) in [4.78, 5) is 60.5. The van der Waals surface area contributed by atoms with E-state index in [2.05, 4.69) is 45.2 Å². The van der Waals surface area contributed by atoms with Gasteiger partial charge in [-0.2, -0.15) is 19.9 Å². The van der Waals surface area contributed by atoms with Crippen LogP contribution in [-0.2, 0) is 40.3 Å². The Kier molecular flexibility index (Phi) is 24.0. The van der Waals surface area contributed by atoms with E-state index in [1.165, 1.54) is 0 Å². The summed E-state index contributed by atoms with van der Waals surface area (Å²) in [5.74, 6) is -0.706. The first kappa shape index (κ1) is 59.6. The van der Waals surface area contributed by atoms with Crippen molar-refractivity contribution in [1.29, 1.82) is 0 Å². The topological polar surface area (TPSA) is 377 Å². The number of amides is 1. The van der Waals surface area contributed by atoms with Gasteiger partial charge in [-0.3, -0.25) is 13.9 Å². The Balaban J connectivity index is 0.000000319. The summed E-state index contributed by atoms with van der Waals surface area (Å²) in [6, 6.07) is 13.7. The fraction of sp³-hybridized carbons (Fsp3) is 0.422. The van der Waals surface area contributed by atoms with Crippen molar-refractivity contribution in [3.05, 3.63) is 83.4 Å². The first-order chi connectivity index (χ1) is 33.9. The highest BCUT2D eigenvalue weighted by Gasteiger charge is 2.23. The van der Waals surface area contributed by atoms with Crippen LogP contribution in [0.4, 0.5) is 34.9 Å². The molecule has 6 rings (SSSR count). The maximum Gasteiger partial charge on any atom is 0.335 e. The Morgan fingerprint density at radius 3 is 1.38 bits per heavy atom. The molecule has 0 radical (unpaired) electrons. The number of rotatable bonds is 23. The van der Waals surface area contributed by atoms with Crippen LogP contribution in [0.1, 0.15) is 80.1 Å². The molecule has 25 nitrogen and oxygen atoms in total. The predicted molar refractivity (Wildman–Crippen MR) is 281 cm³/mol. The average Bonchev–Trinajstić information content (AvgIpc) is 3.33. The third kappa shape index (κ3) is 18.2. The number of aromatic carboxylic acids is 1. The third-order valence-electron chi connectivity index (χ3n) is 9.76. The first-order valence-corrected chi connectivity index (χ1v) is 26.0. The zero-order valence-electron chi connectivity index (χ0n) is 40.7. The van der Waals surface area contributed by atoms with Crippen molar-refractivity contribution in [2.24, 2.45) is 5.73 Å². The minimum absolute atomic E-state index is 0. The molecule has 392 valence electrons. The highest BCUT2D eigenvalue weighted by Crippen LogP contribution is 2.49. The number of nitrogen functional groups attached to an aromatic ring is 4. The number of nitrogens with two attached hydrogens (primary N) is 5. The Morgan fingerprint density at radius 2 is 1.00 bits per heavy atom. The molecule has 0 aliphatic rings. The van der Waals surface area contributed by atoms with Crippen molar-refractivity contribution in [3.63, 3.8) is 0 Å².